The number of anilines is 1. The second kappa shape index (κ2) is 4.05. The van der Waals surface area contributed by atoms with Crippen LogP contribution in [-0.4, -0.2) is 41.6 Å². The average molecular weight is 225 g/mol. The first-order valence-electron chi connectivity index (χ1n) is 4.05. The Balaban J connectivity index is 2.65. The first-order valence-corrected chi connectivity index (χ1v) is 4.05. The molecule has 0 aliphatic heterocycles. The van der Waals surface area contributed by atoms with Crippen molar-refractivity contribution in [3.63, 3.8) is 0 Å². The van der Waals surface area contributed by atoms with Crippen molar-refractivity contribution in [3.8, 4) is 0 Å². The van der Waals surface area contributed by atoms with Gasteiger partial charge in [-0.05, 0) is 5.16 Å². The maximum atomic E-state index is 11.9. The smallest absolute Gasteiger partial charge is 0.383 e. The van der Waals surface area contributed by atoms with Gasteiger partial charge in [0.15, 0.2) is 6.10 Å². The molecule has 0 fully saturated rings. The molecule has 0 spiro atoms. The van der Waals surface area contributed by atoms with Crippen molar-refractivity contribution < 1.29 is 22.8 Å². The second-order valence-electron chi connectivity index (χ2n) is 3.14. The third-order valence-electron chi connectivity index (χ3n) is 1.60. The minimum atomic E-state index is -4.67. The van der Waals surface area contributed by atoms with Crippen LogP contribution in [0.2, 0.25) is 0 Å². The Morgan fingerprint density at radius 3 is 2.47 bits per heavy atom. The fraction of sp³-hybridized carbons (Fsp3) is 0.714. The summed E-state index contributed by atoms with van der Waals surface area (Å²) in [4.78, 5) is 5.13. The van der Waals surface area contributed by atoms with Gasteiger partial charge in [0, 0.05) is 14.1 Å². The van der Waals surface area contributed by atoms with E-state index in [1.807, 2.05) is 0 Å². The minimum absolute atomic E-state index is 0.166. The molecule has 1 heterocycles. The Kier molecular flexibility index (Phi) is 3.18. The fourth-order valence-corrected chi connectivity index (χ4v) is 0.792. The highest BCUT2D eigenvalue weighted by Gasteiger charge is 2.39. The maximum Gasteiger partial charge on any atom is 0.414 e. The highest BCUT2D eigenvalue weighted by molar-refractivity contribution is 5.23. The van der Waals surface area contributed by atoms with Crippen LogP contribution >= 0.6 is 0 Å². The standard InChI is InChI=1S/C7H10F3N3O2/c1-13(2)6-11-5(15-12-6)3-4(14)7(8,9)10/h4,14H,3H2,1-2H3. The molecule has 0 aliphatic rings. The zero-order valence-corrected chi connectivity index (χ0v) is 8.12. The molecule has 1 atom stereocenters. The van der Waals surface area contributed by atoms with Gasteiger partial charge in [-0.1, -0.05) is 0 Å². The minimum Gasteiger partial charge on any atom is -0.383 e. The second-order valence-corrected chi connectivity index (χ2v) is 3.14. The van der Waals surface area contributed by atoms with Crippen molar-refractivity contribution in [1.29, 1.82) is 0 Å². The molecule has 5 nitrogen and oxygen atoms in total. The SMILES string of the molecule is CN(C)c1noc(CC(O)C(F)(F)F)n1. The summed E-state index contributed by atoms with van der Waals surface area (Å²) in [6.45, 7) is 0. The molecule has 86 valence electrons. The normalized spacial score (nSPS) is 14.0. The van der Waals surface area contributed by atoms with Crippen molar-refractivity contribution >= 4 is 5.95 Å². The Bertz CT molecular complexity index is 324. The average Bonchev–Trinajstić information content (AvgIpc) is 2.50. The molecule has 0 saturated heterocycles. The van der Waals surface area contributed by atoms with Gasteiger partial charge in [0.05, 0.1) is 6.42 Å². The van der Waals surface area contributed by atoms with E-state index in [1.54, 1.807) is 14.1 Å². The van der Waals surface area contributed by atoms with E-state index in [0.29, 0.717) is 0 Å². The van der Waals surface area contributed by atoms with E-state index >= 15 is 0 Å². The van der Waals surface area contributed by atoms with E-state index in [2.05, 4.69) is 14.7 Å². The van der Waals surface area contributed by atoms with Crippen LogP contribution in [0.25, 0.3) is 0 Å². The van der Waals surface area contributed by atoms with E-state index < -0.39 is 18.7 Å². The molecule has 1 N–H and O–H groups in total. The van der Waals surface area contributed by atoms with Gasteiger partial charge in [-0.15, -0.1) is 0 Å². The summed E-state index contributed by atoms with van der Waals surface area (Å²) in [5.41, 5.74) is 0. The van der Waals surface area contributed by atoms with Gasteiger partial charge in [0.2, 0.25) is 5.89 Å². The molecule has 1 aromatic heterocycles. The van der Waals surface area contributed by atoms with Crippen LogP contribution in [0.15, 0.2) is 4.52 Å². The van der Waals surface area contributed by atoms with E-state index in [1.165, 1.54) is 4.90 Å². The van der Waals surface area contributed by atoms with Crippen LogP contribution in [-0.2, 0) is 6.42 Å². The van der Waals surface area contributed by atoms with Crippen molar-refractivity contribution in [2.24, 2.45) is 0 Å². The predicted molar refractivity (Wildman–Crippen MR) is 44.4 cm³/mol. The number of aliphatic hydroxyl groups is 1. The number of alkyl halides is 3. The lowest BCUT2D eigenvalue weighted by Gasteiger charge is -2.11. The Hall–Kier alpha value is -1.31. The lowest BCUT2D eigenvalue weighted by Crippen LogP contribution is -2.30. The zero-order chi connectivity index (χ0) is 11.6. The molecule has 0 bridgehead atoms. The van der Waals surface area contributed by atoms with Crippen LogP contribution in [0, 0.1) is 0 Å². The number of rotatable bonds is 3. The quantitative estimate of drug-likeness (QED) is 0.816. The van der Waals surface area contributed by atoms with Crippen molar-refractivity contribution in [2.45, 2.75) is 18.7 Å². The molecule has 8 heteroatoms. The molecule has 0 radical (unpaired) electrons. The first kappa shape index (κ1) is 11.8. The number of aromatic nitrogens is 2. The van der Waals surface area contributed by atoms with Crippen molar-refractivity contribution in [3.05, 3.63) is 5.89 Å². The number of halogens is 3. The summed E-state index contributed by atoms with van der Waals surface area (Å²) in [5, 5.41) is 12.1. The van der Waals surface area contributed by atoms with E-state index in [0.717, 1.165) is 0 Å². The third-order valence-corrected chi connectivity index (χ3v) is 1.60. The summed E-state index contributed by atoms with van der Waals surface area (Å²) in [7, 11) is 3.24. The van der Waals surface area contributed by atoms with E-state index in [4.69, 9.17) is 5.11 Å². The van der Waals surface area contributed by atoms with Gasteiger partial charge < -0.3 is 14.5 Å². The molecule has 1 aromatic rings. The Morgan fingerprint density at radius 2 is 2.07 bits per heavy atom. The van der Waals surface area contributed by atoms with Gasteiger partial charge in [-0.2, -0.15) is 18.2 Å². The molecule has 0 amide bonds. The maximum absolute atomic E-state index is 11.9. The number of aliphatic hydroxyl groups excluding tert-OH is 1. The van der Waals surface area contributed by atoms with Gasteiger partial charge in [0.25, 0.3) is 5.95 Å². The van der Waals surface area contributed by atoms with Gasteiger partial charge >= 0.3 is 6.18 Å². The molecule has 0 saturated carbocycles. The van der Waals surface area contributed by atoms with Crippen LogP contribution in [0.1, 0.15) is 5.89 Å². The van der Waals surface area contributed by atoms with Crippen LogP contribution in [0.4, 0.5) is 19.1 Å². The molecule has 15 heavy (non-hydrogen) atoms. The summed E-state index contributed by atoms with van der Waals surface area (Å²) in [6.07, 6.45) is -7.88. The Labute approximate surface area is 83.5 Å². The first-order chi connectivity index (χ1) is 6.80. The summed E-state index contributed by atoms with van der Waals surface area (Å²) >= 11 is 0. The van der Waals surface area contributed by atoms with Gasteiger partial charge in [-0.25, -0.2) is 0 Å². The van der Waals surface area contributed by atoms with Crippen LogP contribution < -0.4 is 4.90 Å². The molecule has 0 aromatic carbocycles. The molecule has 0 aliphatic carbocycles. The fourth-order valence-electron chi connectivity index (χ4n) is 0.792. The molecular formula is C7H10F3N3O2. The highest BCUT2D eigenvalue weighted by Crippen LogP contribution is 2.22. The third kappa shape index (κ3) is 3.08. The topological polar surface area (TPSA) is 62.4 Å². The van der Waals surface area contributed by atoms with E-state index in [-0.39, 0.29) is 11.8 Å². The lowest BCUT2D eigenvalue weighted by atomic mass is 10.2. The summed E-state index contributed by atoms with van der Waals surface area (Å²) < 4.78 is 40.4. The molecule has 1 rings (SSSR count). The number of nitrogens with zero attached hydrogens (tertiary/aromatic N) is 3. The monoisotopic (exact) mass is 225 g/mol. The van der Waals surface area contributed by atoms with Crippen molar-refractivity contribution in [2.75, 3.05) is 19.0 Å². The summed E-state index contributed by atoms with van der Waals surface area (Å²) in [5.74, 6) is -0.0806. The van der Waals surface area contributed by atoms with E-state index in [9.17, 15) is 13.2 Å². The molecule has 1 unspecified atom stereocenters. The Morgan fingerprint density at radius 1 is 1.47 bits per heavy atom. The largest absolute Gasteiger partial charge is 0.414 e. The number of hydrogen-bond acceptors (Lipinski definition) is 5. The van der Waals surface area contributed by atoms with Crippen LogP contribution in [0.3, 0.4) is 0 Å². The van der Waals surface area contributed by atoms with Crippen molar-refractivity contribution in [1.82, 2.24) is 10.1 Å². The molecular weight excluding hydrogens is 215 g/mol. The summed E-state index contributed by atoms with van der Waals surface area (Å²) in [6, 6.07) is 0. The number of hydrogen-bond donors (Lipinski definition) is 1. The lowest BCUT2D eigenvalue weighted by molar-refractivity contribution is -0.204. The highest BCUT2D eigenvalue weighted by atomic mass is 19.4. The van der Waals surface area contributed by atoms with Crippen LogP contribution in [0.5, 0.6) is 0 Å². The van der Waals surface area contributed by atoms with Gasteiger partial charge in [0.1, 0.15) is 0 Å². The zero-order valence-electron chi connectivity index (χ0n) is 8.12. The van der Waals surface area contributed by atoms with Gasteiger partial charge in [-0.3, -0.25) is 0 Å². The predicted octanol–water partition coefficient (Wildman–Crippen LogP) is 0.601.